The zero-order valence-corrected chi connectivity index (χ0v) is 9.85. The average molecular weight is 218 g/mol. The van der Waals surface area contributed by atoms with Crippen LogP contribution in [0.25, 0.3) is 11.2 Å². The molecule has 2 heterocycles. The van der Waals surface area contributed by atoms with Gasteiger partial charge >= 0.3 is 0 Å². The molecule has 1 atom stereocenters. The highest BCUT2D eigenvalue weighted by molar-refractivity contribution is 5.71. The molecular weight excluding hydrogens is 200 g/mol. The number of pyridine rings is 1. The van der Waals surface area contributed by atoms with Gasteiger partial charge in [-0.2, -0.15) is 0 Å². The van der Waals surface area contributed by atoms with Crippen LogP contribution in [0.15, 0.2) is 18.3 Å². The largest absolute Gasteiger partial charge is 0.330 e. The normalized spacial score (nSPS) is 13.2. The summed E-state index contributed by atoms with van der Waals surface area (Å²) in [6.07, 6.45) is 3.90. The molecule has 0 amide bonds. The predicted molar refractivity (Wildman–Crippen MR) is 65.2 cm³/mol. The minimum absolute atomic E-state index is 0.433. The molecule has 4 heteroatoms. The van der Waals surface area contributed by atoms with E-state index in [1.165, 1.54) is 0 Å². The molecule has 0 aliphatic heterocycles. The number of hydrogen-bond donors (Lipinski definition) is 1. The maximum Gasteiger partial charge on any atom is 0.177 e. The minimum atomic E-state index is 0.433. The number of nitrogens with zero attached hydrogens (tertiary/aromatic N) is 3. The third kappa shape index (κ3) is 1.93. The number of hydrogen-bond acceptors (Lipinski definition) is 3. The van der Waals surface area contributed by atoms with Crippen molar-refractivity contribution < 1.29 is 0 Å². The highest BCUT2D eigenvalue weighted by atomic mass is 15.1. The lowest BCUT2D eigenvalue weighted by molar-refractivity contribution is 0.591. The third-order valence-electron chi connectivity index (χ3n) is 2.97. The second kappa shape index (κ2) is 4.61. The van der Waals surface area contributed by atoms with E-state index in [0.717, 1.165) is 36.4 Å². The molecule has 2 aromatic heterocycles. The molecule has 0 spiro atoms. The highest BCUT2D eigenvalue weighted by Gasteiger charge is 2.14. The second-order valence-electron chi connectivity index (χ2n) is 4.21. The third-order valence-corrected chi connectivity index (χ3v) is 2.97. The molecule has 0 saturated carbocycles. The molecule has 0 aromatic carbocycles. The van der Waals surface area contributed by atoms with Gasteiger partial charge in [-0.25, -0.2) is 9.97 Å². The lowest BCUT2D eigenvalue weighted by atomic mass is 10.1. The quantitative estimate of drug-likeness (QED) is 0.851. The summed E-state index contributed by atoms with van der Waals surface area (Å²) in [7, 11) is 2.05. The van der Waals surface area contributed by atoms with Gasteiger partial charge in [-0.15, -0.1) is 0 Å². The van der Waals surface area contributed by atoms with E-state index in [-0.39, 0.29) is 0 Å². The van der Waals surface area contributed by atoms with Crippen LogP contribution < -0.4 is 5.73 Å². The fourth-order valence-corrected chi connectivity index (χ4v) is 2.04. The summed E-state index contributed by atoms with van der Waals surface area (Å²) < 4.78 is 2.13. The first-order valence-corrected chi connectivity index (χ1v) is 5.71. The molecule has 1 unspecified atom stereocenters. The highest BCUT2D eigenvalue weighted by Crippen LogP contribution is 2.22. The van der Waals surface area contributed by atoms with Gasteiger partial charge in [0.25, 0.3) is 0 Å². The first kappa shape index (κ1) is 11.1. The van der Waals surface area contributed by atoms with Gasteiger partial charge in [-0.3, -0.25) is 0 Å². The molecule has 0 saturated heterocycles. The van der Waals surface area contributed by atoms with Gasteiger partial charge < -0.3 is 10.3 Å². The Labute approximate surface area is 95.5 Å². The Morgan fingerprint density at radius 2 is 2.31 bits per heavy atom. The van der Waals surface area contributed by atoms with Crippen molar-refractivity contribution in [1.82, 2.24) is 14.5 Å². The Morgan fingerprint density at radius 3 is 3.00 bits per heavy atom. The summed E-state index contributed by atoms with van der Waals surface area (Å²) in [5, 5.41) is 0. The van der Waals surface area contributed by atoms with E-state index in [2.05, 4.69) is 27.5 Å². The zero-order chi connectivity index (χ0) is 11.5. The van der Waals surface area contributed by atoms with Crippen LogP contribution in [0.3, 0.4) is 0 Å². The van der Waals surface area contributed by atoms with Crippen LogP contribution in [-0.2, 0) is 7.05 Å². The summed E-state index contributed by atoms with van der Waals surface area (Å²) in [6, 6.07) is 3.99. The van der Waals surface area contributed by atoms with E-state index in [1.54, 1.807) is 6.20 Å². The molecule has 0 aliphatic rings. The number of rotatable bonds is 4. The van der Waals surface area contributed by atoms with Gasteiger partial charge in [0.05, 0.1) is 5.52 Å². The summed E-state index contributed by atoms with van der Waals surface area (Å²) in [5.74, 6) is 1.53. The van der Waals surface area contributed by atoms with E-state index in [1.807, 2.05) is 13.1 Å². The minimum Gasteiger partial charge on any atom is -0.330 e. The maximum absolute atomic E-state index is 5.53. The van der Waals surface area contributed by atoms with Crippen molar-refractivity contribution in [2.75, 3.05) is 6.54 Å². The van der Waals surface area contributed by atoms with Crippen molar-refractivity contribution in [3.05, 3.63) is 24.2 Å². The smallest absolute Gasteiger partial charge is 0.177 e. The van der Waals surface area contributed by atoms with Crippen LogP contribution in [0.4, 0.5) is 0 Å². The van der Waals surface area contributed by atoms with Crippen molar-refractivity contribution >= 4 is 11.2 Å². The first-order chi connectivity index (χ1) is 7.74. The van der Waals surface area contributed by atoms with Crippen LogP contribution in [0.1, 0.15) is 31.5 Å². The molecule has 0 aliphatic carbocycles. The Kier molecular flexibility index (Phi) is 3.19. The van der Waals surface area contributed by atoms with Crippen molar-refractivity contribution in [3.8, 4) is 0 Å². The average Bonchev–Trinajstić information content (AvgIpc) is 2.64. The van der Waals surface area contributed by atoms with E-state index < -0.39 is 0 Å². The Balaban J connectivity index is 2.33. The zero-order valence-electron chi connectivity index (χ0n) is 9.85. The topological polar surface area (TPSA) is 56.7 Å². The SMILES string of the molecule is CC(CCCN)c1nc2ncccc2n1C. The number of fused-ring (bicyclic) bond motifs is 1. The Morgan fingerprint density at radius 1 is 1.50 bits per heavy atom. The lowest BCUT2D eigenvalue weighted by Gasteiger charge is -2.10. The molecule has 2 N–H and O–H groups in total. The van der Waals surface area contributed by atoms with Crippen LogP contribution in [0.2, 0.25) is 0 Å². The molecule has 2 rings (SSSR count). The van der Waals surface area contributed by atoms with Gasteiger partial charge in [-0.1, -0.05) is 6.92 Å². The van der Waals surface area contributed by atoms with Gasteiger partial charge in [0, 0.05) is 19.2 Å². The number of nitrogens with two attached hydrogens (primary N) is 1. The van der Waals surface area contributed by atoms with E-state index in [4.69, 9.17) is 5.73 Å². The van der Waals surface area contributed by atoms with Crippen LogP contribution in [0, 0.1) is 0 Å². The maximum atomic E-state index is 5.53. The molecule has 86 valence electrons. The van der Waals surface area contributed by atoms with E-state index in [9.17, 15) is 0 Å². The van der Waals surface area contributed by atoms with E-state index in [0.29, 0.717) is 5.92 Å². The lowest BCUT2D eigenvalue weighted by Crippen LogP contribution is -2.06. The second-order valence-corrected chi connectivity index (χ2v) is 4.21. The van der Waals surface area contributed by atoms with Crippen molar-refractivity contribution in [2.24, 2.45) is 12.8 Å². The Hall–Kier alpha value is -1.42. The van der Waals surface area contributed by atoms with Gasteiger partial charge in [0.2, 0.25) is 0 Å². The van der Waals surface area contributed by atoms with Crippen LogP contribution in [-0.4, -0.2) is 21.1 Å². The van der Waals surface area contributed by atoms with Crippen molar-refractivity contribution in [3.63, 3.8) is 0 Å². The summed E-state index contributed by atoms with van der Waals surface area (Å²) in [5.41, 5.74) is 7.46. The van der Waals surface area contributed by atoms with E-state index >= 15 is 0 Å². The van der Waals surface area contributed by atoms with Gasteiger partial charge in [-0.05, 0) is 31.5 Å². The predicted octanol–water partition coefficient (Wildman–Crippen LogP) is 1.81. The summed E-state index contributed by atoms with van der Waals surface area (Å²) >= 11 is 0. The van der Waals surface area contributed by atoms with Gasteiger partial charge in [0.15, 0.2) is 5.65 Å². The molecule has 16 heavy (non-hydrogen) atoms. The monoisotopic (exact) mass is 218 g/mol. The molecule has 2 aromatic rings. The van der Waals surface area contributed by atoms with Crippen molar-refractivity contribution in [2.45, 2.75) is 25.7 Å². The summed E-state index contributed by atoms with van der Waals surface area (Å²) in [4.78, 5) is 8.84. The standard InChI is InChI=1S/C12H18N4/c1-9(5-3-7-13)12-15-11-10(16(12)2)6-4-8-14-11/h4,6,8-9H,3,5,7,13H2,1-2H3. The van der Waals surface area contributed by atoms with Gasteiger partial charge in [0.1, 0.15) is 5.82 Å². The fourth-order valence-electron chi connectivity index (χ4n) is 2.04. The van der Waals surface area contributed by atoms with Crippen molar-refractivity contribution in [1.29, 1.82) is 0 Å². The number of aromatic nitrogens is 3. The Bertz CT molecular complexity index is 475. The molecule has 0 fully saturated rings. The molecular formula is C12H18N4. The molecule has 4 nitrogen and oxygen atoms in total. The summed E-state index contributed by atoms with van der Waals surface area (Å²) in [6.45, 7) is 2.93. The number of imidazole rings is 1. The molecule has 0 bridgehead atoms. The van der Waals surface area contributed by atoms with Crippen LogP contribution in [0.5, 0.6) is 0 Å². The number of aryl methyl sites for hydroxylation is 1. The first-order valence-electron chi connectivity index (χ1n) is 5.71. The fraction of sp³-hybridized carbons (Fsp3) is 0.500. The molecule has 0 radical (unpaired) electrons. The van der Waals surface area contributed by atoms with Crippen LogP contribution >= 0.6 is 0 Å².